The fourth-order valence-electron chi connectivity index (χ4n) is 2.12. The molecule has 1 aliphatic rings. The molecule has 19 heavy (non-hydrogen) atoms. The fourth-order valence-corrected chi connectivity index (χ4v) is 3.41. The average Bonchev–Trinajstić information content (AvgIpc) is 2.30. The Labute approximate surface area is 114 Å². The Kier molecular flexibility index (Phi) is 3.67. The highest BCUT2D eigenvalue weighted by Crippen LogP contribution is 2.20. The first-order valence-corrected chi connectivity index (χ1v) is 8.14. The van der Waals surface area contributed by atoms with E-state index in [9.17, 15) is 13.2 Å². The van der Waals surface area contributed by atoms with Crippen LogP contribution in [0.2, 0.25) is 0 Å². The molecule has 0 N–H and O–H groups in total. The molecule has 0 radical (unpaired) electrons. The third kappa shape index (κ3) is 2.66. The lowest BCUT2D eigenvalue weighted by Gasteiger charge is -2.38. The van der Waals surface area contributed by atoms with E-state index in [1.165, 1.54) is 0 Å². The van der Waals surface area contributed by atoms with E-state index in [0.717, 1.165) is 11.1 Å². The van der Waals surface area contributed by atoms with Gasteiger partial charge in [-0.3, -0.25) is 4.79 Å². The molecule has 0 aromatic heterocycles. The van der Waals surface area contributed by atoms with Gasteiger partial charge >= 0.3 is 0 Å². The van der Waals surface area contributed by atoms with Gasteiger partial charge in [0.25, 0.3) is 5.91 Å². The van der Waals surface area contributed by atoms with Crippen molar-refractivity contribution in [1.82, 2.24) is 4.90 Å². The number of rotatable bonds is 3. The topological polar surface area (TPSA) is 54.5 Å². The first-order chi connectivity index (χ1) is 8.85. The van der Waals surface area contributed by atoms with Crippen LogP contribution < -0.4 is 0 Å². The van der Waals surface area contributed by atoms with Gasteiger partial charge in [-0.25, -0.2) is 8.42 Å². The first-order valence-electron chi connectivity index (χ1n) is 6.43. The zero-order chi connectivity index (χ0) is 14.2. The van der Waals surface area contributed by atoms with Crippen molar-refractivity contribution >= 4 is 15.7 Å². The predicted molar refractivity (Wildman–Crippen MR) is 75.1 cm³/mol. The summed E-state index contributed by atoms with van der Waals surface area (Å²) < 4.78 is 23.3. The maximum atomic E-state index is 12.2. The van der Waals surface area contributed by atoms with E-state index in [4.69, 9.17) is 0 Å². The van der Waals surface area contributed by atoms with Crippen LogP contribution in [0.25, 0.3) is 0 Å². The van der Waals surface area contributed by atoms with Crippen LogP contribution in [0.5, 0.6) is 0 Å². The summed E-state index contributed by atoms with van der Waals surface area (Å²) in [5.74, 6) is 0.0641. The maximum absolute atomic E-state index is 12.2. The van der Waals surface area contributed by atoms with Crippen LogP contribution in [0.4, 0.5) is 0 Å². The van der Waals surface area contributed by atoms with Gasteiger partial charge in [0.15, 0.2) is 9.84 Å². The summed E-state index contributed by atoms with van der Waals surface area (Å²) in [4.78, 5) is 13.8. The summed E-state index contributed by atoms with van der Waals surface area (Å²) in [5, 5.41) is -0.381. The van der Waals surface area contributed by atoms with Crippen LogP contribution in [-0.2, 0) is 9.84 Å². The van der Waals surface area contributed by atoms with E-state index >= 15 is 0 Å². The largest absolute Gasteiger partial charge is 0.336 e. The molecule has 0 bridgehead atoms. The molecule has 1 aliphatic heterocycles. The van der Waals surface area contributed by atoms with Crippen LogP contribution in [0, 0.1) is 13.8 Å². The standard InChI is InChI=1S/C14H19NO3S/c1-4-19(17,18)13-8-15(9-13)14(16)12-6-5-10(2)11(3)7-12/h5-7,13H,4,8-9H2,1-3H3. The Morgan fingerprint density at radius 3 is 2.42 bits per heavy atom. The number of likely N-dealkylation sites (tertiary alicyclic amines) is 1. The molecular formula is C14H19NO3S. The minimum Gasteiger partial charge on any atom is -0.336 e. The van der Waals surface area contributed by atoms with E-state index in [0.29, 0.717) is 18.7 Å². The third-order valence-corrected chi connectivity index (χ3v) is 5.92. The van der Waals surface area contributed by atoms with Crippen molar-refractivity contribution in [2.45, 2.75) is 26.0 Å². The highest BCUT2D eigenvalue weighted by Gasteiger charge is 2.38. The predicted octanol–water partition coefficient (Wildman–Crippen LogP) is 1.56. The van der Waals surface area contributed by atoms with E-state index in [1.807, 2.05) is 26.0 Å². The fraction of sp³-hybridized carbons (Fsp3) is 0.500. The van der Waals surface area contributed by atoms with Crippen LogP contribution in [0.3, 0.4) is 0 Å². The Morgan fingerprint density at radius 1 is 1.26 bits per heavy atom. The second-order valence-electron chi connectivity index (χ2n) is 5.08. The Hall–Kier alpha value is -1.36. The summed E-state index contributed by atoms with van der Waals surface area (Å²) in [7, 11) is -3.02. The molecule has 1 saturated heterocycles. The molecule has 1 aromatic rings. The normalized spacial score (nSPS) is 16.3. The third-order valence-electron chi connectivity index (χ3n) is 3.80. The van der Waals surface area contributed by atoms with Crippen LogP contribution >= 0.6 is 0 Å². The monoisotopic (exact) mass is 281 g/mol. The molecule has 0 saturated carbocycles. The molecule has 0 spiro atoms. The molecule has 1 fully saturated rings. The van der Waals surface area contributed by atoms with Gasteiger partial charge in [0, 0.05) is 24.4 Å². The first kappa shape index (κ1) is 14.1. The summed E-state index contributed by atoms with van der Waals surface area (Å²) in [5.41, 5.74) is 2.85. The van der Waals surface area contributed by atoms with Gasteiger partial charge in [-0.05, 0) is 37.1 Å². The molecule has 5 heteroatoms. The van der Waals surface area contributed by atoms with Crippen molar-refractivity contribution in [2.24, 2.45) is 0 Å². The number of hydrogen-bond donors (Lipinski definition) is 0. The lowest BCUT2D eigenvalue weighted by Crippen LogP contribution is -2.57. The minimum atomic E-state index is -3.02. The summed E-state index contributed by atoms with van der Waals surface area (Å²) in [6.07, 6.45) is 0. The molecule has 1 aromatic carbocycles. The van der Waals surface area contributed by atoms with Gasteiger partial charge in [-0.2, -0.15) is 0 Å². The van der Waals surface area contributed by atoms with E-state index in [1.54, 1.807) is 17.9 Å². The van der Waals surface area contributed by atoms with Crippen LogP contribution in [-0.4, -0.2) is 43.3 Å². The van der Waals surface area contributed by atoms with E-state index < -0.39 is 9.84 Å². The lowest BCUT2D eigenvalue weighted by molar-refractivity contribution is 0.0659. The smallest absolute Gasteiger partial charge is 0.253 e. The minimum absolute atomic E-state index is 0.0781. The number of nitrogens with zero attached hydrogens (tertiary/aromatic N) is 1. The van der Waals surface area contributed by atoms with E-state index in [-0.39, 0.29) is 16.9 Å². The van der Waals surface area contributed by atoms with Crippen molar-refractivity contribution in [3.63, 3.8) is 0 Å². The number of benzene rings is 1. The van der Waals surface area contributed by atoms with Gasteiger partial charge < -0.3 is 4.90 Å². The number of carbonyl (C=O) groups excluding carboxylic acids is 1. The van der Waals surface area contributed by atoms with Crippen LogP contribution in [0.15, 0.2) is 18.2 Å². The van der Waals surface area contributed by atoms with Crippen LogP contribution in [0.1, 0.15) is 28.4 Å². The molecule has 4 nitrogen and oxygen atoms in total. The van der Waals surface area contributed by atoms with Crippen molar-refractivity contribution in [1.29, 1.82) is 0 Å². The van der Waals surface area contributed by atoms with Gasteiger partial charge in [-0.15, -0.1) is 0 Å². The summed E-state index contributed by atoms with van der Waals surface area (Å²) >= 11 is 0. The van der Waals surface area contributed by atoms with Crippen molar-refractivity contribution < 1.29 is 13.2 Å². The summed E-state index contributed by atoms with van der Waals surface area (Å²) in [6, 6.07) is 5.58. The van der Waals surface area contributed by atoms with Gasteiger partial charge in [0.1, 0.15) is 0 Å². The Morgan fingerprint density at radius 2 is 1.89 bits per heavy atom. The number of sulfone groups is 1. The van der Waals surface area contributed by atoms with Gasteiger partial charge in [0.05, 0.1) is 5.25 Å². The molecule has 1 heterocycles. The number of carbonyl (C=O) groups is 1. The highest BCUT2D eigenvalue weighted by molar-refractivity contribution is 7.92. The van der Waals surface area contributed by atoms with Crippen molar-refractivity contribution in [2.75, 3.05) is 18.8 Å². The Bertz CT molecular complexity index is 601. The van der Waals surface area contributed by atoms with Gasteiger partial charge in [-0.1, -0.05) is 13.0 Å². The van der Waals surface area contributed by atoms with E-state index in [2.05, 4.69) is 0 Å². The molecule has 1 amide bonds. The Balaban J connectivity index is 2.06. The lowest BCUT2D eigenvalue weighted by atomic mass is 10.0. The maximum Gasteiger partial charge on any atom is 0.253 e. The molecule has 0 unspecified atom stereocenters. The zero-order valence-electron chi connectivity index (χ0n) is 11.5. The summed E-state index contributed by atoms with van der Waals surface area (Å²) in [6.45, 7) is 6.25. The second kappa shape index (κ2) is 4.96. The number of amides is 1. The SMILES string of the molecule is CCS(=O)(=O)C1CN(C(=O)c2ccc(C)c(C)c2)C1. The molecule has 2 rings (SSSR count). The molecular weight excluding hydrogens is 262 g/mol. The number of hydrogen-bond acceptors (Lipinski definition) is 3. The average molecular weight is 281 g/mol. The molecule has 104 valence electrons. The quantitative estimate of drug-likeness (QED) is 0.845. The van der Waals surface area contributed by atoms with Crippen molar-refractivity contribution in [3.8, 4) is 0 Å². The van der Waals surface area contributed by atoms with Gasteiger partial charge in [0.2, 0.25) is 0 Å². The zero-order valence-corrected chi connectivity index (χ0v) is 12.3. The second-order valence-corrected chi connectivity index (χ2v) is 7.65. The molecule has 0 atom stereocenters. The highest BCUT2D eigenvalue weighted by atomic mass is 32.2. The number of aryl methyl sites for hydroxylation is 2. The van der Waals surface area contributed by atoms with Crippen molar-refractivity contribution in [3.05, 3.63) is 34.9 Å². The molecule has 0 aliphatic carbocycles.